The van der Waals surface area contributed by atoms with Gasteiger partial charge in [-0.1, -0.05) is 36.4 Å². The molecule has 34 heavy (non-hydrogen) atoms. The van der Waals surface area contributed by atoms with Crippen LogP contribution in [-0.4, -0.2) is 24.5 Å². The minimum absolute atomic E-state index is 0.221. The van der Waals surface area contributed by atoms with Gasteiger partial charge in [0.25, 0.3) is 0 Å². The molecule has 3 aromatic carbocycles. The van der Waals surface area contributed by atoms with Gasteiger partial charge in [-0.3, -0.25) is 0 Å². The molecule has 0 unspecified atom stereocenters. The van der Waals surface area contributed by atoms with Gasteiger partial charge in [-0.15, -0.1) is 0 Å². The molecule has 1 saturated heterocycles. The molecule has 3 aliphatic rings. The van der Waals surface area contributed by atoms with Gasteiger partial charge < -0.3 is 14.8 Å². The maximum Gasteiger partial charge on any atom is 0.123 e. The normalized spacial score (nSPS) is 22.3. The van der Waals surface area contributed by atoms with Crippen molar-refractivity contribution in [2.24, 2.45) is 5.92 Å². The van der Waals surface area contributed by atoms with Crippen molar-refractivity contribution in [3.8, 4) is 5.75 Å². The van der Waals surface area contributed by atoms with Gasteiger partial charge in [-0.2, -0.15) is 0 Å². The lowest BCUT2D eigenvalue weighted by atomic mass is 9.69. The zero-order valence-corrected chi connectivity index (χ0v) is 19.7. The van der Waals surface area contributed by atoms with Crippen LogP contribution >= 0.6 is 0 Å². The molecule has 2 aliphatic carbocycles. The fourth-order valence-electron chi connectivity index (χ4n) is 6.59. The van der Waals surface area contributed by atoms with Gasteiger partial charge in [0, 0.05) is 30.6 Å². The molecule has 174 valence electrons. The number of phenolic OH excluding ortho intramolecular Hbond substituents is 1. The number of phenols is 1. The van der Waals surface area contributed by atoms with Crippen LogP contribution in [0, 0.1) is 5.92 Å². The molecule has 1 aliphatic heterocycles. The van der Waals surface area contributed by atoms with E-state index >= 15 is 0 Å². The maximum absolute atomic E-state index is 11.1. The van der Waals surface area contributed by atoms with E-state index in [4.69, 9.17) is 0 Å². The number of hydrogen-bond donors (Lipinski definition) is 1. The summed E-state index contributed by atoms with van der Waals surface area (Å²) in [5.74, 6) is 1.32. The smallest absolute Gasteiger partial charge is 0.123 e. The zero-order chi connectivity index (χ0) is 23.1. The third kappa shape index (κ3) is 3.91. The molecule has 0 aromatic heterocycles. The summed E-state index contributed by atoms with van der Waals surface area (Å²) >= 11 is 0. The number of nitrogens with zero attached hydrogens (tertiary/aromatic N) is 1. The lowest BCUT2D eigenvalue weighted by Crippen LogP contribution is -2.34. The van der Waals surface area contributed by atoms with Crippen LogP contribution in [0.15, 0.2) is 60.7 Å². The van der Waals surface area contributed by atoms with E-state index in [1.54, 1.807) is 5.56 Å². The highest BCUT2D eigenvalue weighted by Crippen LogP contribution is 2.47. The SMILES string of the molecule is O=CC1CCN(c2ccc([C@H]3c4ccc(O)cc4CC[C@H]3c3ccc4c(c3)CCC4)cc2)CC1. The largest absolute Gasteiger partial charge is 0.508 e. The number of carbonyl (C=O) groups excluding carboxylic acids is 1. The number of rotatable bonds is 4. The Balaban J connectivity index is 1.34. The summed E-state index contributed by atoms with van der Waals surface area (Å²) in [4.78, 5) is 13.5. The van der Waals surface area contributed by atoms with Crippen molar-refractivity contribution in [3.63, 3.8) is 0 Å². The molecule has 6 rings (SSSR count). The second kappa shape index (κ2) is 8.94. The van der Waals surface area contributed by atoms with Crippen LogP contribution in [0.1, 0.15) is 70.9 Å². The molecule has 2 atom stereocenters. The topological polar surface area (TPSA) is 40.5 Å². The molecule has 0 amide bonds. The van der Waals surface area contributed by atoms with Crippen LogP contribution in [0.5, 0.6) is 5.75 Å². The number of anilines is 1. The average molecular weight is 452 g/mol. The van der Waals surface area contributed by atoms with E-state index in [0.717, 1.165) is 45.1 Å². The van der Waals surface area contributed by atoms with Gasteiger partial charge in [0.05, 0.1) is 0 Å². The summed E-state index contributed by atoms with van der Waals surface area (Å²) in [5, 5.41) is 10.1. The van der Waals surface area contributed by atoms with Gasteiger partial charge in [0.15, 0.2) is 0 Å². The van der Waals surface area contributed by atoms with Crippen molar-refractivity contribution >= 4 is 12.0 Å². The first-order valence-electron chi connectivity index (χ1n) is 12.9. The van der Waals surface area contributed by atoms with E-state index in [-0.39, 0.29) is 5.92 Å². The first kappa shape index (κ1) is 21.5. The standard InChI is InChI=1S/C31H33NO2/c33-20-21-14-16-32(17-15-21)27-9-6-23(7-10-27)31-29(12-8-26-19-28(34)11-13-30(26)31)25-5-4-22-2-1-3-24(22)18-25/h4-7,9-11,13,18-21,29,31,34H,1-3,8,12,14-17H2/t29-,31+/m0/s1. The van der Waals surface area contributed by atoms with E-state index < -0.39 is 0 Å². The molecule has 3 aromatic rings. The quantitative estimate of drug-likeness (QED) is 0.483. The Bertz CT molecular complexity index is 1190. The minimum atomic E-state index is 0.221. The Morgan fingerprint density at radius 3 is 2.32 bits per heavy atom. The summed E-state index contributed by atoms with van der Waals surface area (Å²) in [6.45, 7) is 1.90. The molecule has 1 heterocycles. The highest BCUT2D eigenvalue weighted by Gasteiger charge is 2.33. The molecule has 3 heteroatoms. The molecular weight excluding hydrogens is 418 g/mol. The fraction of sp³-hybridized carbons (Fsp3) is 0.387. The third-order valence-electron chi connectivity index (χ3n) is 8.49. The lowest BCUT2D eigenvalue weighted by molar-refractivity contribution is -0.111. The highest BCUT2D eigenvalue weighted by molar-refractivity contribution is 5.56. The molecule has 0 bridgehead atoms. The molecule has 3 nitrogen and oxygen atoms in total. The molecule has 0 spiro atoms. The number of piperidine rings is 1. The van der Waals surface area contributed by atoms with Crippen LogP contribution in [-0.2, 0) is 24.1 Å². The van der Waals surface area contributed by atoms with Crippen LogP contribution in [0.4, 0.5) is 5.69 Å². The molecule has 0 radical (unpaired) electrons. The lowest BCUT2D eigenvalue weighted by Gasteiger charge is -2.36. The number of aromatic hydroxyl groups is 1. The summed E-state index contributed by atoms with van der Waals surface area (Å²) < 4.78 is 0. The Morgan fingerprint density at radius 2 is 1.53 bits per heavy atom. The predicted octanol–water partition coefficient (Wildman–Crippen LogP) is 6.16. The van der Waals surface area contributed by atoms with Gasteiger partial charge >= 0.3 is 0 Å². The Kier molecular flexibility index (Phi) is 5.64. The summed E-state index contributed by atoms with van der Waals surface area (Å²) in [6.07, 6.45) is 8.83. The average Bonchev–Trinajstić information content (AvgIpc) is 3.36. The minimum Gasteiger partial charge on any atom is -0.508 e. The first-order chi connectivity index (χ1) is 16.7. The molecule has 0 saturated carbocycles. The van der Waals surface area contributed by atoms with Crippen molar-refractivity contribution in [1.29, 1.82) is 0 Å². The second-order valence-electron chi connectivity index (χ2n) is 10.4. The van der Waals surface area contributed by atoms with Crippen molar-refractivity contribution in [3.05, 3.63) is 94.0 Å². The number of aldehydes is 1. The number of fused-ring (bicyclic) bond motifs is 2. The summed E-state index contributed by atoms with van der Waals surface area (Å²) in [6, 6.07) is 22.4. The van der Waals surface area contributed by atoms with Crippen molar-refractivity contribution in [2.45, 2.75) is 56.8 Å². The Hall–Kier alpha value is -3.07. The number of hydrogen-bond acceptors (Lipinski definition) is 3. The number of aryl methyl sites for hydroxylation is 3. The monoisotopic (exact) mass is 451 g/mol. The molecule has 1 fully saturated rings. The van der Waals surface area contributed by atoms with Crippen molar-refractivity contribution < 1.29 is 9.90 Å². The highest BCUT2D eigenvalue weighted by atomic mass is 16.3. The van der Waals surface area contributed by atoms with Crippen molar-refractivity contribution in [2.75, 3.05) is 18.0 Å². The fourth-order valence-corrected chi connectivity index (χ4v) is 6.59. The van der Waals surface area contributed by atoms with Gasteiger partial charge in [0.1, 0.15) is 12.0 Å². The summed E-state index contributed by atoms with van der Waals surface area (Å²) in [7, 11) is 0. The Labute approximate surface area is 202 Å². The second-order valence-corrected chi connectivity index (χ2v) is 10.4. The van der Waals surface area contributed by atoms with Gasteiger partial charge in [-0.05, 0) is 109 Å². The van der Waals surface area contributed by atoms with Crippen LogP contribution in [0.3, 0.4) is 0 Å². The van der Waals surface area contributed by atoms with E-state index in [1.807, 2.05) is 12.1 Å². The molecular formula is C31H33NO2. The number of carbonyl (C=O) groups is 1. The number of benzene rings is 3. The van der Waals surface area contributed by atoms with E-state index in [2.05, 4.69) is 53.4 Å². The van der Waals surface area contributed by atoms with Crippen molar-refractivity contribution in [1.82, 2.24) is 0 Å². The van der Waals surface area contributed by atoms with E-state index in [0.29, 0.717) is 17.6 Å². The first-order valence-corrected chi connectivity index (χ1v) is 12.9. The zero-order valence-electron chi connectivity index (χ0n) is 19.7. The third-order valence-corrected chi connectivity index (χ3v) is 8.49. The predicted molar refractivity (Wildman–Crippen MR) is 137 cm³/mol. The maximum atomic E-state index is 11.1. The molecule has 1 N–H and O–H groups in total. The Morgan fingerprint density at radius 1 is 0.765 bits per heavy atom. The van der Waals surface area contributed by atoms with E-state index in [1.165, 1.54) is 52.8 Å². The van der Waals surface area contributed by atoms with Gasteiger partial charge in [-0.25, -0.2) is 0 Å². The van der Waals surface area contributed by atoms with E-state index in [9.17, 15) is 9.90 Å². The van der Waals surface area contributed by atoms with Gasteiger partial charge in [0.2, 0.25) is 0 Å². The summed E-state index contributed by atoms with van der Waals surface area (Å²) in [5.41, 5.74) is 9.78. The van der Waals surface area contributed by atoms with Crippen LogP contribution in [0.25, 0.3) is 0 Å². The van der Waals surface area contributed by atoms with Crippen LogP contribution in [0.2, 0.25) is 0 Å². The van der Waals surface area contributed by atoms with Crippen LogP contribution < -0.4 is 4.90 Å².